The maximum atomic E-state index is 13.6. The standard InChI is InChI=1S/C19H18FN3O5/c1-21-19(27)23-18(26)16(12-7-3-2-4-8-12)28-15(24)11-22-17(25)13-9-5-6-10-14(13)20/h2-10,16H,11H2,1H3,(H,22,25)(H2,21,23,26,27)/t16-/m0/s1. The average molecular weight is 387 g/mol. The number of rotatable bonds is 6. The fourth-order valence-corrected chi connectivity index (χ4v) is 2.21. The molecule has 2 aromatic rings. The molecular weight excluding hydrogens is 369 g/mol. The lowest BCUT2D eigenvalue weighted by atomic mass is 10.1. The molecule has 0 aromatic heterocycles. The van der Waals surface area contributed by atoms with Crippen molar-refractivity contribution in [3.63, 3.8) is 0 Å². The molecule has 28 heavy (non-hydrogen) atoms. The Labute approximate surface area is 160 Å². The molecule has 0 aliphatic rings. The molecule has 8 nitrogen and oxygen atoms in total. The Bertz CT molecular complexity index is 873. The van der Waals surface area contributed by atoms with E-state index in [2.05, 4.69) is 10.6 Å². The summed E-state index contributed by atoms with van der Waals surface area (Å²) >= 11 is 0. The van der Waals surface area contributed by atoms with Gasteiger partial charge in [0.1, 0.15) is 12.4 Å². The average Bonchev–Trinajstić information content (AvgIpc) is 2.71. The largest absolute Gasteiger partial charge is 0.446 e. The van der Waals surface area contributed by atoms with Crippen molar-refractivity contribution in [3.05, 3.63) is 71.5 Å². The van der Waals surface area contributed by atoms with Crippen LogP contribution in [0.15, 0.2) is 54.6 Å². The topological polar surface area (TPSA) is 114 Å². The van der Waals surface area contributed by atoms with Gasteiger partial charge >= 0.3 is 12.0 Å². The van der Waals surface area contributed by atoms with Gasteiger partial charge in [-0.05, 0) is 12.1 Å². The van der Waals surface area contributed by atoms with Gasteiger partial charge in [0.05, 0.1) is 5.56 Å². The maximum absolute atomic E-state index is 13.6. The maximum Gasteiger partial charge on any atom is 0.326 e. The Balaban J connectivity index is 2.04. The highest BCUT2D eigenvalue weighted by atomic mass is 19.1. The van der Waals surface area contributed by atoms with Gasteiger partial charge in [0, 0.05) is 12.6 Å². The van der Waals surface area contributed by atoms with Crippen LogP contribution in [0.5, 0.6) is 0 Å². The summed E-state index contributed by atoms with van der Waals surface area (Å²) in [5.74, 6) is -3.34. The zero-order valence-electron chi connectivity index (χ0n) is 14.9. The fourth-order valence-electron chi connectivity index (χ4n) is 2.21. The van der Waals surface area contributed by atoms with Gasteiger partial charge in [-0.3, -0.25) is 19.7 Å². The zero-order chi connectivity index (χ0) is 20.5. The predicted molar refractivity (Wildman–Crippen MR) is 96.6 cm³/mol. The van der Waals surface area contributed by atoms with Crippen molar-refractivity contribution in [2.75, 3.05) is 13.6 Å². The van der Waals surface area contributed by atoms with E-state index >= 15 is 0 Å². The molecule has 0 bridgehead atoms. The van der Waals surface area contributed by atoms with E-state index in [4.69, 9.17) is 4.74 Å². The number of carbonyl (C=O) groups is 4. The van der Waals surface area contributed by atoms with Gasteiger partial charge in [0.2, 0.25) is 6.10 Å². The molecule has 146 valence electrons. The van der Waals surface area contributed by atoms with Crippen molar-refractivity contribution < 1.29 is 28.3 Å². The molecule has 0 spiro atoms. The van der Waals surface area contributed by atoms with E-state index in [9.17, 15) is 23.6 Å². The number of esters is 1. The summed E-state index contributed by atoms with van der Waals surface area (Å²) < 4.78 is 18.7. The lowest BCUT2D eigenvalue weighted by Gasteiger charge is -2.17. The minimum absolute atomic E-state index is 0.229. The number of halogens is 1. The first-order chi connectivity index (χ1) is 13.4. The van der Waals surface area contributed by atoms with Crippen molar-refractivity contribution in [2.45, 2.75) is 6.10 Å². The highest BCUT2D eigenvalue weighted by Gasteiger charge is 2.26. The van der Waals surface area contributed by atoms with Crippen LogP contribution in [0, 0.1) is 5.82 Å². The van der Waals surface area contributed by atoms with Gasteiger partial charge in [0.25, 0.3) is 11.8 Å². The van der Waals surface area contributed by atoms with Crippen LogP contribution in [-0.4, -0.2) is 37.4 Å². The third kappa shape index (κ3) is 5.63. The van der Waals surface area contributed by atoms with Crippen LogP contribution in [0.3, 0.4) is 0 Å². The van der Waals surface area contributed by atoms with Gasteiger partial charge in [0.15, 0.2) is 0 Å². The molecule has 0 radical (unpaired) electrons. The SMILES string of the molecule is CNC(=O)NC(=O)[C@@H](OC(=O)CNC(=O)c1ccccc1F)c1ccccc1. The van der Waals surface area contributed by atoms with E-state index < -0.39 is 42.3 Å². The first-order valence-corrected chi connectivity index (χ1v) is 8.22. The number of urea groups is 1. The third-order valence-corrected chi connectivity index (χ3v) is 3.57. The van der Waals surface area contributed by atoms with Crippen LogP contribution in [0.4, 0.5) is 9.18 Å². The smallest absolute Gasteiger partial charge is 0.326 e. The number of hydrogen-bond donors (Lipinski definition) is 3. The Morgan fingerprint density at radius 3 is 2.29 bits per heavy atom. The van der Waals surface area contributed by atoms with Crippen LogP contribution in [-0.2, 0) is 14.3 Å². The molecule has 0 aliphatic heterocycles. The van der Waals surface area contributed by atoms with E-state index in [0.717, 1.165) is 6.07 Å². The highest BCUT2D eigenvalue weighted by Crippen LogP contribution is 2.17. The minimum atomic E-state index is -1.41. The van der Waals surface area contributed by atoms with Gasteiger partial charge < -0.3 is 15.4 Å². The molecule has 0 unspecified atom stereocenters. The molecule has 9 heteroatoms. The predicted octanol–water partition coefficient (Wildman–Crippen LogP) is 1.30. The molecule has 3 N–H and O–H groups in total. The summed E-state index contributed by atoms with van der Waals surface area (Å²) in [5.41, 5.74) is 0.102. The normalized spacial score (nSPS) is 11.1. The van der Waals surface area contributed by atoms with Gasteiger partial charge in [-0.25, -0.2) is 9.18 Å². The second-order valence-electron chi connectivity index (χ2n) is 5.51. The van der Waals surface area contributed by atoms with Gasteiger partial charge in [-0.1, -0.05) is 42.5 Å². The fraction of sp³-hybridized carbons (Fsp3) is 0.158. The van der Waals surface area contributed by atoms with Crippen LogP contribution in [0.2, 0.25) is 0 Å². The summed E-state index contributed by atoms with van der Waals surface area (Å²) in [4.78, 5) is 47.7. The van der Waals surface area contributed by atoms with E-state index in [1.807, 2.05) is 5.32 Å². The Morgan fingerprint density at radius 1 is 1.00 bits per heavy atom. The Kier molecular flexibility index (Phi) is 7.21. The molecule has 2 aromatic carbocycles. The second-order valence-corrected chi connectivity index (χ2v) is 5.51. The summed E-state index contributed by atoms with van der Waals surface area (Å²) in [5, 5.41) is 6.47. The van der Waals surface area contributed by atoms with E-state index in [0.29, 0.717) is 5.56 Å². The van der Waals surface area contributed by atoms with E-state index in [-0.39, 0.29) is 5.56 Å². The molecular formula is C19H18FN3O5. The zero-order valence-corrected chi connectivity index (χ0v) is 14.9. The van der Waals surface area contributed by atoms with Crippen molar-refractivity contribution >= 4 is 23.8 Å². The molecule has 0 saturated heterocycles. The summed E-state index contributed by atoms with van der Waals surface area (Å²) in [6.07, 6.45) is -1.41. The quantitative estimate of drug-likeness (QED) is 0.647. The highest BCUT2D eigenvalue weighted by molar-refractivity contribution is 5.98. The summed E-state index contributed by atoms with van der Waals surface area (Å²) in [7, 11) is 1.32. The summed E-state index contributed by atoms with van der Waals surface area (Å²) in [6, 6.07) is 12.6. The molecule has 1 atom stereocenters. The summed E-state index contributed by atoms with van der Waals surface area (Å²) in [6.45, 7) is -0.593. The minimum Gasteiger partial charge on any atom is -0.446 e. The molecule has 0 aliphatic carbocycles. The van der Waals surface area contributed by atoms with E-state index in [1.54, 1.807) is 30.3 Å². The van der Waals surface area contributed by atoms with Crippen molar-refractivity contribution in [1.29, 1.82) is 0 Å². The first kappa shape index (κ1) is 20.6. The Morgan fingerprint density at radius 2 is 1.64 bits per heavy atom. The van der Waals surface area contributed by atoms with Gasteiger partial charge in [-0.2, -0.15) is 0 Å². The second kappa shape index (κ2) is 9.81. The number of benzene rings is 2. The van der Waals surface area contributed by atoms with Crippen LogP contribution in [0.25, 0.3) is 0 Å². The van der Waals surface area contributed by atoms with Crippen LogP contribution >= 0.6 is 0 Å². The molecule has 0 saturated carbocycles. The van der Waals surface area contributed by atoms with Gasteiger partial charge in [-0.15, -0.1) is 0 Å². The first-order valence-electron chi connectivity index (χ1n) is 8.22. The lowest BCUT2D eigenvalue weighted by molar-refractivity contribution is -0.155. The van der Waals surface area contributed by atoms with Crippen molar-refractivity contribution in [2.24, 2.45) is 0 Å². The number of ether oxygens (including phenoxy) is 1. The molecule has 0 heterocycles. The molecule has 4 amide bonds. The van der Waals surface area contributed by atoms with Crippen LogP contribution < -0.4 is 16.0 Å². The number of carbonyl (C=O) groups excluding carboxylic acids is 4. The number of amides is 4. The van der Waals surface area contributed by atoms with E-state index in [1.165, 1.54) is 25.2 Å². The molecule has 0 fully saturated rings. The number of nitrogens with one attached hydrogen (secondary N) is 3. The Hall–Kier alpha value is -3.75. The number of hydrogen-bond acceptors (Lipinski definition) is 5. The monoisotopic (exact) mass is 387 g/mol. The lowest BCUT2D eigenvalue weighted by Crippen LogP contribution is -2.42. The van der Waals surface area contributed by atoms with Crippen molar-refractivity contribution in [1.82, 2.24) is 16.0 Å². The number of imide groups is 1. The van der Waals surface area contributed by atoms with Crippen LogP contribution in [0.1, 0.15) is 22.0 Å². The molecule has 2 rings (SSSR count). The third-order valence-electron chi connectivity index (χ3n) is 3.57. The van der Waals surface area contributed by atoms with Crippen molar-refractivity contribution in [3.8, 4) is 0 Å².